The summed E-state index contributed by atoms with van der Waals surface area (Å²) in [7, 11) is 0. The molecule has 1 aromatic carbocycles. The zero-order valence-corrected chi connectivity index (χ0v) is 11.7. The third-order valence-electron chi connectivity index (χ3n) is 4.78. The van der Waals surface area contributed by atoms with Crippen LogP contribution in [-0.4, -0.2) is 5.91 Å². The maximum absolute atomic E-state index is 12.5. The molecule has 0 radical (unpaired) electrons. The Hall–Kier alpha value is -1.82. The summed E-state index contributed by atoms with van der Waals surface area (Å²) < 4.78 is 0. The first kappa shape index (κ1) is 13.2. The molecule has 2 aliphatic carbocycles. The normalized spacial score (nSPS) is 23.6. The summed E-state index contributed by atoms with van der Waals surface area (Å²) in [5.41, 5.74) is 1.80. The maximum Gasteiger partial charge on any atom is 0.240 e. The molecule has 104 valence electrons. The largest absolute Gasteiger partial charge is 0.348 e. The highest BCUT2D eigenvalue weighted by Gasteiger charge is 2.42. The Morgan fingerprint density at radius 2 is 2.00 bits per heavy atom. The van der Waals surface area contributed by atoms with Gasteiger partial charge >= 0.3 is 0 Å². The number of carbonyl (C=O) groups is 1. The Kier molecular flexibility index (Phi) is 3.48. The van der Waals surface area contributed by atoms with Gasteiger partial charge in [0.05, 0.1) is 12.1 Å². The van der Waals surface area contributed by atoms with Gasteiger partial charge in [-0.25, -0.2) is 0 Å². The first-order valence-electron chi connectivity index (χ1n) is 7.55. The van der Waals surface area contributed by atoms with Gasteiger partial charge in [-0.15, -0.1) is 0 Å². The van der Waals surface area contributed by atoms with Crippen molar-refractivity contribution in [3.63, 3.8) is 0 Å². The number of fused-ring (bicyclic) bond motifs is 1. The second kappa shape index (κ2) is 5.28. The summed E-state index contributed by atoms with van der Waals surface area (Å²) in [6, 6.07) is 10.7. The molecule has 2 aliphatic rings. The molecule has 1 amide bonds. The van der Waals surface area contributed by atoms with Gasteiger partial charge in [0.1, 0.15) is 5.41 Å². The molecule has 0 unspecified atom stereocenters. The molecular formula is C17H20N2O. The van der Waals surface area contributed by atoms with Crippen LogP contribution in [0.3, 0.4) is 0 Å². The number of aryl methyl sites for hydroxylation is 1. The third kappa shape index (κ3) is 2.20. The monoisotopic (exact) mass is 268 g/mol. The second-order valence-electron chi connectivity index (χ2n) is 6.02. The Labute approximate surface area is 120 Å². The minimum absolute atomic E-state index is 0.0563. The summed E-state index contributed by atoms with van der Waals surface area (Å²) in [4.78, 5) is 12.5. The molecule has 0 aliphatic heterocycles. The minimum atomic E-state index is -0.771. The van der Waals surface area contributed by atoms with Gasteiger partial charge in [-0.2, -0.15) is 5.26 Å². The molecule has 1 N–H and O–H groups in total. The van der Waals surface area contributed by atoms with Crippen molar-refractivity contribution >= 4 is 5.91 Å². The van der Waals surface area contributed by atoms with Crippen molar-refractivity contribution in [2.75, 3.05) is 0 Å². The van der Waals surface area contributed by atoms with Gasteiger partial charge in [-0.1, -0.05) is 37.1 Å². The summed E-state index contributed by atoms with van der Waals surface area (Å²) >= 11 is 0. The summed E-state index contributed by atoms with van der Waals surface area (Å²) in [6.45, 7) is 0. The fraction of sp³-hybridized carbons (Fsp3) is 0.529. The lowest BCUT2D eigenvalue weighted by Crippen LogP contribution is -2.41. The Morgan fingerprint density at radius 1 is 1.25 bits per heavy atom. The highest BCUT2D eigenvalue weighted by atomic mass is 16.2. The Morgan fingerprint density at radius 3 is 2.75 bits per heavy atom. The molecule has 1 fully saturated rings. The molecule has 1 aromatic rings. The lowest BCUT2D eigenvalue weighted by Gasteiger charge is -2.29. The SMILES string of the molecule is N#CC1(C(=O)N[C@H]2CCCc3ccccc32)CCCC1. The van der Waals surface area contributed by atoms with Crippen molar-refractivity contribution in [1.29, 1.82) is 5.26 Å². The molecule has 0 heterocycles. The Balaban J connectivity index is 1.79. The molecule has 20 heavy (non-hydrogen) atoms. The van der Waals surface area contributed by atoms with Gasteiger partial charge in [-0.3, -0.25) is 4.79 Å². The zero-order chi connectivity index (χ0) is 14.0. The standard InChI is InChI=1S/C17H20N2O/c18-12-17(10-3-4-11-17)16(20)19-15-9-5-7-13-6-1-2-8-14(13)15/h1-2,6,8,15H,3-5,7,9-11H2,(H,19,20)/t15-/m0/s1. The number of nitrogens with one attached hydrogen (secondary N) is 1. The fourth-order valence-corrected chi connectivity index (χ4v) is 3.57. The van der Waals surface area contributed by atoms with Crippen molar-refractivity contribution in [2.24, 2.45) is 5.41 Å². The van der Waals surface area contributed by atoms with E-state index in [1.165, 1.54) is 11.1 Å². The molecule has 0 saturated heterocycles. The number of amides is 1. The highest BCUT2D eigenvalue weighted by molar-refractivity contribution is 5.86. The zero-order valence-electron chi connectivity index (χ0n) is 11.7. The van der Waals surface area contributed by atoms with Crippen LogP contribution in [0.1, 0.15) is 55.7 Å². The van der Waals surface area contributed by atoms with Gasteiger partial charge in [0.25, 0.3) is 0 Å². The molecule has 0 aromatic heterocycles. The van der Waals surface area contributed by atoms with Crippen molar-refractivity contribution in [3.05, 3.63) is 35.4 Å². The summed E-state index contributed by atoms with van der Waals surface area (Å²) in [5, 5.41) is 12.5. The average molecular weight is 268 g/mol. The van der Waals surface area contributed by atoms with Crippen molar-refractivity contribution < 1.29 is 4.79 Å². The van der Waals surface area contributed by atoms with Gasteiger partial charge in [0.15, 0.2) is 0 Å². The molecule has 1 saturated carbocycles. The quantitative estimate of drug-likeness (QED) is 0.895. The van der Waals surface area contributed by atoms with Crippen LogP contribution in [-0.2, 0) is 11.2 Å². The summed E-state index contributed by atoms with van der Waals surface area (Å²) in [5.74, 6) is -0.0563. The van der Waals surface area contributed by atoms with Crippen LogP contribution in [0, 0.1) is 16.7 Å². The predicted octanol–water partition coefficient (Wildman–Crippen LogP) is 3.26. The third-order valence-corrected chi connectivity index (χ3v) is 4.78. The van der Waals surface area contributed by atoms with Crippen LogP contribution >= 0.6 is 0 Å². The van der Waals surface area contributed by atoms with E-state index >= 15 is 0 Å². The van der Waals surface area contributed by atoms with Crippen molar-refractivity contribution in [3.8, 4) is 6.07 Å². The van der Waals surface area contributed by atoms with Gasteiger partial charge in [0, 0.05) is 0 Å². The van der Waals surface area contributed by atoms with Crippen molar-refractivity contribution in [1.82, 2.24) is 5.32 Å². The van der Waals surface area contributed by atoms with E-state index in [1.54, 1.807) is 0 Å². The summed E-state index contributed by atoms with van der Waals surface area (Å²) in [6.07, 6.45) is 6.57. The average Bonchev–Trinajstić information content (AvgIpc) is 2.98. The van der Waals surface area contributed by atoms with E-state index in [0.717, 1.165) is 32.1 Å². The molecular weight excluding hydrogens is 248 g/mol. The predicted molar refractivity (Wildman–Crippen MR) is 76.8 cm³/mol. The van der Waals surface area contributed by atoms with Crippen LogP contribution < -0.4 is 5.32 Å². The number of hydrogen-bond donors (Lipinski definition) is 1. The minimum Gasteiger partial charge on any atom is -0.348 e. The number of rotatable bonds is 2. The molecule has 1 atom stereocenters. The van der Waals surface area contributed by atoms with Crippen LogP contribution in [0.4, 0.5) is 0 Å². The van der Waals surface area contributed by atoms with E-state index in [-0.39, 0.29) is 11.9 Å². The topological polar surface area (TPSA) is 52.9 Å². The van der Waals surface area contributed by atoms with E-state index in [4.69, 9.17) is 0 Å². The molecule has 0 spiro atoms. The van der Waals surface area contributed by atoms with E-state index in [2.05, 4.69) is 29.6 Å². The fourth-order valence-electron chi connectivity index (χ4n) is 3.57. The molecule has 3 heteroatoms. The Bertz CT molecular complexity index is 552. The van der Waals surface area contributed by atoms with E-state index in [0.29, 0.717) is 12.8 Å². The lowest BCUT2D eigenvalue weighted by atomic mass is 9.84. The first-order valence-corrected chi connectivity index (χ1v) is 7.55. The van der Waals surface area contributed by atoms with Crippen LogP contribution in [0.2, 0.25) is 0 Å². The van der Waals surface area contributed by atoms with E-state index < -0.39 is 5.41 Å². The van der Waals surface area contributed by atoms with Crippen LogP contribution in [0.25, 0.3) is 0 Å². The molecule has 3 nitrogen and oxygen atoms in total. The molecule has 3 rings (SSSR count). The van der Waals surface area contributed by atoms with Gasteiger partial charge < -0.3 is 5.32 Å². The number of carbonyl (C=O) groups excluding carboxylic acids is 1. The van der Waals surface area contributed by atoms with Crippen LogP contribution in [0.15, 0.2) is 24.3 Å². The smallest absolute Gasteiger partial charge is 0.240 e. The lowest BCUT2D eigenvalue weighted by molar-refractivity contribution is -0.128. The second-order valence-corrected chi connectivity index (χ2v) is 6.02. The van der Waals surface area contributed by atoms with Gasteiger partial charge in [-0.05, 0) is 43.2 Å². The maximum atomic E-state index is 12.5. The van der Waals surface area contributed by atoms with E-state index in [9.17, 15) is 10.1 Å². The number of hydrogen-bond acceptors (Lipinski definition) is 2. The molecule has 0 bridgehead atoms. The van der Waals surface area contributed by atoms with Crippen LogP contribution in [0.5, 0.6) is 0 Å². The van der Waals surface area contributed by atoms with Gasteiger partial charge in [0.2, 0.25) is 5.91 Å². The first-order chi connectivity index (χ1) is 9.75. The number of nitriles is 1. The van der Waals surface area contributed by atoms with E-state index in [1.807, 2.05) is 6.07 Å². The number of benzene rings is 1. The highest BCUT2D eigenvalue weighted by Crippen LogP contribution is 2.39. The van der Waals surface area contributed by atoms with Crippen molar-refractivity contribution in [2.45, 2.75) is 51.0 Å². The number of nitrogens with zero attached hydrogens (tertiary/aromatic N) is 1.